The van der Waals surface area contributed by atoms with Gasteiger partial charge in [-0.2, -0.15) is 0 Å². The first kappa shape index (κ1) is 19.7. The minimum atomic E-state index is -3.79. The smallest absolute Gasteiger partial charge is 0.262 e. The van der Waals surface area contributed by atoms with Crippen molar-refractivity contribution in [1.29, 1.82) is 0 Å². The molecule has 0 radical (unpaired) electrons. The van der Waals surface area contributed by atoms with Crippen LogP contribution < -0.4 is 14.2 Å². The van der Waals surface area contributed by atoms with Gasteiger partial charge in [-0.1, -0.05) is 12.1 Å². The van der Waals surface area contributed by atoms with Crippen LogP contribution >= 0.6 is 0 Å². The van der Waals surface area contributed by atoms with Crippen LogP contribution in [0.2, 0.25) is 0 Å². The number of imidazole rings is 1. The summed E-state index contributed by atoms with van der Waals surface area (Å²) in [6, 6.07) is 13.3. The van der Waals surface area contributed by atoms with Crippen LogP contribution in [0.15, 0.2) is 65.8 Å². The van der Waals surface area contributed by atoms with E-state index in [1.165, 1.54) is 26.4 Å². The molecule has 0 saturated heterocycles. The molecule has 4 rings (SSSR count). The Balaban J connectivity index is 1.58. The molecule has 0 spiro atoms. The first-order valence-corrected chi connectivity index (χ1v) is 10.6. The monoisotopic (exact) mass is 424 g/mol. The van der Waals surface area contributed by atoms with E-state index in [1.807, 2.05) is 29.8 Å². The molecule has 154 valence electrons. The summed E-state index contributed by atoms with van der Waals surface area (Å²) in [5.41, 5.74) is 2.93. The van der Waals surface area contributed by atoms with E-state index in [0.29, 0.717) is 23.0 Å². The van der Waals surface area contributed by atoms with E-state index in [9.17, 15) is 8.42 Å². The fourth-order valence-electron chi connectivity index (χ4n) is 3.01. The Bertz CT molecular complexity index is 1310. The Morgan fingerprint density at radius 3 is 2.37 bits per heavy atom. The van der Waals surface area contributed by atoms with Crippen LogP contribution in [0.4, 0.5) is 5.69 Å². The highest BCUT2D eigenvalue weighted by Gasteiger charge is 2.17. The summed E-state index contributed by atoms with van der Waals surface area (Å²) >= 11 is 0. The number of aromatic nitrogens is 3. The molecular formula is C21H20N4O4S. The number of sulfonamides is 1. The molecule has 0 fully saturated rings. The van der Waals surface area contributed by atoms with Crippen molar-refractivity contribution in [1.82, 2.24) is 14.4 Å². The van der Waals surface area contributed by atoms with Crippen LogP contribution in [0, 0.1) is 6.92 Å². The molecule has 1 N–H and O–H groups in total. The molecule has 0 aliphatic rings. The van der Waals surface area contributed by atoms with Crippen LogP contribution in [0.3, 0.4) is 0 Å². The molecule has 4 aromatic rings. The highest BCUT2D eigenvalue weighted by molar-refractivity contribution is 7.92. The highest BCUT2D eigenvalue weighted by Crippen LogP contribution is 2.30. The number of benzene rings is 2. The highest BCUT2D eigenvalue weighted by atomic mass is 32.2. The summed E-state index contributed by atoms with van der Waals surface area (Å²) in [5.74, 6) is 1.41. The van der Waals surface area contributed by atoms with E-state index in [1.54, 1.807) is 30.3 Å². The second-order valence-electron chi connectivity index (χ2n) is 6.60. The zero-order chi connectivity index (χ0) is 21.3. The summed E-state index contributed by atoms with van der Waals surface area (Å²) in [7, 11) is -0.842. The molecule has 0 bridgehead atoms. The van der Waals surface area contributed by atoms with Crippen molar-refractivity contribution in [2.45, 2.75) is 11.8 Å². The molecule has 0 atom stereocenters. The number of hydrogen-bond acceptors (Lipinski definition) is 6. The van der Waals surface area contributed by atoms with Crippen LogP contribution in [0.5, 0.6) is 11.5 Å². The summed E-state index contributed by atoms with van der Waals surface area (Å²) < 4.78 is 40.2. The number of methoxy groups -OCH3 is 2. The van der Waals surface area contributed by atoms with Gasteiger partial charge in [0.25, 0.3) is 10.0 Å². The molecule has 0 saturated carbocycles. The maximum Gasteiger partial charge on any atom is 0.262 e. The maximum absolute atomic E-state index is 12.7. The predicted octanol–water partition coefficient (Wildman–Crippen LogP) is 3.52. The number of nitrogens with zero attached hydrogens (tertiary/aromatic N) is 3. The third kappa shape index (κ3) is 3.79. The van der Waals surface area contributed by atoms with Gasteiger partial charge in [0.2, 0.25) is 5.78 Å². The van der Waals surface area contributed by atoms with Gasteiger partial charge in [-0.25, -0.2) is 18.4 Å². The van der Waals surface area contributed by atoms with Crippen molar-refractivity contribution >= 4 is 21.5 Å². The number of rotatable bonds is 6. The zero-order valence-electron chi connectivity index (χ0n) is 16.7. The first-order valence-electron chi connectivity index (χ1n) is 9.07. The van der Waals surface area contributed by atoms with Gasteiger partial charge in [0, 0.05) is 35.4 Å². The van der Waals surface area contributed by atoms with Gasteiger partial charge in [0.1, 0.15) is 0 Å². The second kappa shape index (κ2) is 7.68. The van der Waals surface area contributed by atoms with Gasteiger partial charge in [-0.15, -0.1) is 0 Å². The molecule has 0 aliphatic heterocycles. The maximum atomic E-state index is 12.7. The van der Waals surface area contributed by atoms with Crippen molar-refractivity contribution < 1.29 is 17.9 Å². The molecule has 2 heterocycles. The van der Waals surface area contributed by atoms with Crippen LogP contribution in [0.1, 0.15) is 5.69 Å². The summed E-state index contributed by atoms with van der Waals surface area (Å²) in [5, 5.41) is 0. The van der Waals surface area contributed by atoms with Gasteiger partial charge >= 0.3 is 0 Å². The fourth-order valence-corrected chi connectivity index (χ4v) is 4.08. The minimum Gasteiger partial charge on any atom is -0.493 e. The zero-order valence-corrected chi connectivity index (χ0v) is 17.5. The van der Waals surface area contributed by atoms with E-state index in [4.69, 9.17) is 9.47 Å². The summed E-state index contributed by atoms with van der Waals surface area (Å²) in [4.78, 5) is 8.98. The minimum absolute atomic E-state index is 0.0750. The van der Waals surface area contributed by atoms with Crippen molar-refractivity contribution in [2.24, 2.45) is 0 Å². The molecule has 2 aromatic heterocycles. The molecule has 0 unspecified atom stereocenters. The summed E-state index contributed by atoms with van der Waals surface area (Å²) in [6.07, 6.45) is 3.78. The second-order valence-corrected chi connectivity index (χ2v) is 8.28. The number of hydrogen-bond donors (Lipinski definition) is 1. The lowest BCUT2D eigenvalue weighted by molar-refractivity contribution is 0.354. The number of anilines is 1. The standard InChI is InChI=1S/C21H20N4O4S/c1-14-10-11-25-13-18(23-21(25)22-14)15-4-6-16(7-5-15)24-30(26,27)17-8-9-19(28-2)20(12-17)29-3/h4-13,24H,1-3H3. The van der Waals surface area contributed by atoms with Crippen LogP contribution in [-0.4, -0.2) is 37.0 Å². The van der Waals surface area contributed by atoms with Crippen molar-refractivity contribution in [3.05, 3.63) is 66.6 Å². The Morgan fingerprint density at radius 1 is 0.933 bits per heavy atom. The van der Waals surface area contributed by atoms with E-state index < -0.39 is 10.0 Å². The van der Waals surface area contributed by atoms with Crippen molar-refractivity contribution in [3.8, 4) is 22.8 Å². The van der Waals surface area contributed by atoms with E-state index in [-0.39, 0.29) is 4.90 Å². The van der Waals surface area contributed by atoms with E-state index in [0.717, 1.165) is 17.0 Å². The molecule has 8 nitrogen and oxygen atoms in total. The number of fused-ring (bicyclic) bond motifs is 1. The lowest BCUT2D eigenvalue weighted by Gasteiger charge is -2.12. The van der Waals surface area contributed by atoms with Gasteiger partial charge in [-0.05, 0) is 37.3 Å². The topological polar surface area (TPSA) is 94.8 Å². The predicted molar refractivity (Wildman–Crippen MR) is 114 cm³/mol. The molecule has 2 aromatic carbocycles. The number of ether oxygens (including phenoxy) is 2. The Morgan fingerprint density at radius 2 is 1.67 bits per heavy atom. The first-order chi connectivity index (χ1) is 14.4. The van der Waals surface area contributed by atoms with E-state index in [2.05, 4.69) is 14.7 Å². The summed E-state index contributed by atoms with van der Waals surface area (Å²) in [6.45, 7) is 1.91. The lowest BCUT2D eigenvalue weighted by Crippen LogP contribution is -2.13. The van der Waals surface area contributed by atoms with Gasteiger partial charge < -0.3 is 9.47 Å². The molecule has 0 aliphatic carbocycles. The van der Waals surface area contributed by atoms with Gasteiger partial charge in [-0.3, -0.25) is 9.12 Å². The third-order valence-electron chi connectivity index (χ3n) is 4.56. The number of aryl methyl sites for hydroxylation is 1. The van der Waals surface area contributed by atoms with Crippen LogP contribution in [0.25, 0.3) is 17.0 Å². The molecule has 30 heavy (non-hydrogen) atoms. The van der Waals surface area contributed by atoms with Crippen LogP contribution in [-0.2, 0) is 10.0 Å². The van der Waals surface area contributed by atoms with Crippen molar-refractivity contribution in [2.75, 3.05) is 18.9 Å². The Hall–Kier alpha value is -3.59. The SMILES string of the molecule is COc1ccc(S(=O)(=O)Nc2ccc(-c3cn4ccc(C)nc4n3)cc2)cc1OC. The quantitative estimate of drug-likeness (QED) is 0.509. The Kier molecular flexibility index (Phi) is 5.04. The molecule has 0 amide bonds. The fraction of sp³-hybridized carbons (Fsp3) is 0.143. The molecule has 9 heteroatoms. The van der Waals surface area contributed by atoms with Crippen molar-refractivity contribution in [3.63, 3.8) is 0 Å². The average Bonchev–Trinajstić information content (AvgIpc) is 3.16. The lowest BCUT2D eigenvalue weighted by atomic mass is 10.1. The third-order valence-corrected chi connectivity index (χ3v) is 5.94. The average molecular weight is 424 g/mol. The van der Waals surface area contributed by atoms with Gasteiger partial charge in [0.05, 0.1) is 24.8 Å². The Labute approximate surface area is 174 Å². The normalized spacial score (nSPS) is 11.4. The largest absolute Gasteiger partial charge is 0.493 e. The van der Waals surface area contributed by atoms with Gasteiger partial charge in [0.15, 0.2) is 11.5 Å². The van der Waals surface area contributed by atoms with E-state index >= 15 is 0 Å². The number of nitrogens with one attached hydrogen (secondary N) is 1. The molecular weight excluding hydrogens is 404 g/mol.